The van der Waals surface area contributed by atoms with Crippen molar-refractivity contribution in [2.24, 2.45) is 5.41 Å². The summed E-state index contributed by atoms with van der Waals surface area (Å²) in [6, 6.07) is 9.87. The van der Waals surface area contributed by atoms with E-state index in [1.807, 2.05) is 30.0 Å². The lowest BCUT2D eigenvalue weighted by molar-refractivity contribution is 0.0254. The third-order valence-corrected chi connectivity index (χ3v) is 9.16. The van der Waals surface area contributed by atoms with Crippen LogP contribution in [0.1, 0.15) is 37.4 Å². The monoisotopic (exact) mass is 506 g/mol. The zero-order chi connectivity index (χ0) is 23.3. The Kier molecular flexibility index (Phi) is 8.54. The van der Waals surface area contributed by atoms with Crippen molar-refractivity contribution in [1.29, 1.82) is 0 Å². The second kappa shape index (κ2) is 11.4. The van der Waals surface area contributed by atoms with Gasteiger partial charge in [-0.05, 0) is 73.8 Å². The molecule has 3 aromatic rings. The van der Waals surface area contributed by atoms with E-state index in [0.29, 0.717) is 22.8 Å². The SMILES string of the molecule is COc1ccc2ncc(Cl)c([C@@H](O)CCC3(CO)CCN(CCSc4cccs4)CC3)c2c1. The molecule has 0 unspecified atom stereocenters. The number of likely N-dealkylation sites (tertiary alicyclic amines) is 1. The molecule has 5 nitrogen and oxygen atoms in total. The van der Waals surface area contributed by atoms with Gasteiger partial charge in [-0.1, -0.05) is 17.7 Å². The summed E-state index contributed by atoms with van der Waals surface area (Å²) < 4.78 is 6.72. The van der Waals surface area contributed by atoms with E-state index in [0.717, 1.165) is 55.6 Å². The number of hydrogen-bond acceptors (Lipinski definition) is 7. The molecular formula is C25H31ClN2O3S2. The maximum atomic E-state index is 11.1. The number of piperidine rings is 1. The molecule has 4 rings (SSSR count). The van der Waals surface area contributed by atoms with Crippen molar-refractivity contribution in [3.63, 3.8) is 0 Å². The maximum Gasteiger partial charge on any atom is 0.119 e. The summed E-state index contributed by atoms with van der Waals surface area (Å²) in [5.41, 5.74) is 1.32. The Morgan fingerprint density at radius 2 is 2.12 bits per heavy atom. The zero-order valence-corrected chi connectivity index (χ0v) is 21.3. The highest BCUT2D eigenvalue weighted by atomic mass is 35.5. The number of thioether (sulfide) groups is 1. The fourth-order valence-corrected chi connectivity index (χ4v) is 6.72. The van der Waals surface area contributed by atoms with Crippen LogP contribution in [0.3, 0.4) is 0 Å². The smallest absolute Gasteiger partial charge is 0.119 e. The predicted molar refractivity (Wildman–Crippen MR) is 138 cm³/mol. The average molecular weight is 507 g/mol. The lowest BCUT2D eigenvalue weighted by Crippen LogP contribution is -2.43. The van der Waals surface area contributed by atoms with Gasteiger partial charge in [-0.15, -0.1) is 23.1 Å². The predicted octanol–water partition coefficient (Wildman–Crippen LogP) is 5.64. The number of nitrogens with zero attached hydrogens (tertiary/aromatic N) is 2. The van der Waals surface area contributed by atoms with E-state index in [9.17, 15) is 10.2 Å². The highest BCUT2D eigenvalue weighted by molar-refractivity contribution is 8.01. The lowest BCUT2D eigenvalue weighted by atomic mass is 9.74. The van der Waals surface area contributed by atoms with Crippen molar-refractivity contribution in [3.05, 3.63) is 52.5 Å². The van der Waals surface area contributed by atoms with Gasteiger partial charge in [-0.3, -0.25) is 4.98 Å². The van der Waals surface area contributed by atoms with E-state index in [4.69, 9.17) is 16.3 Å². The fraction of sp³-hybridized carbons (Fsp3) is 0.480. The number of hydrogen-bond donors (Lipinski definition) is 2. The second-order valence-corrected chi connectivity index (χ2v) is 11.5. The Balaban J connectivity index is 1.35. The number of fused-ring (bicyclic) bond motifs is 1. The molecule has 0 amide bonds. The molecule has 0 spiro atoms. The molecule has 0 bridgehead atoms. The largest absolute Gasteiger partial charge is 0.497 e. The molecule has 2 N–H and O–H groups in total. The van der Waals surface area contributed by atoms with Crippen LogP contribution in [0.15, 0.2) is 46.1 Å². The van der Waals surface area contributed by atoms with Crippen LogP contribution in [0.25, 0.3) is 10.9 Å². The molecule has 3 heterocycles. The molecule has 1 fully saturated rings. The molecule has 8 heteroatoms. The Bertz CT molecular complexity index is 1040. The van der Waals surface area contributed by atoms with Crippen LogP contribution < -0.4 is 4.74 Å². The van der Waals surface area contributed by atoms with Crippen LogP contribution >= 0.6 is 34.7 Å². The summed E-state index contributed by atoms with van der Waals surface area (Å²) in [4.78, 5) is 6.87. The summed E-state index contributed by atoms with van der Waals surface area (Å²) in [7, 11) is 1.62. The topological polar surface area (TPSA) is 65.8 Å². The van der Waals surface area contributed by atoms with Crippen molar-refractivity contribution in [2.45, 2.75) is 36.0 Å². The standard InChI is InChI=1S/C25H31ClN2O3S2/c1-31-18-4-5-21-19(15-18)24(20(26)16-27-21)22(30)6-7-25(17-29)8-10-28(11-9-25)12-14-33-23-3-2-13-32-23/h2-5,13,15-16,22,29-30H,6-12,14,17H2,1H3/t22-/m0/s1. The number of methoxy groups -OCH3 is 1. The summed E-state index contributed by atoms with van der Waals surface area (Å²) in [6.07, 6.45) is 4.07. The number of aliphatic hydroxyl groups is 2. The van der Waals surface area contributed by atoms with Crippen molar-refractivity contribution in [2.75, 3.05) is 39.1 Å². The minimum absolute atomic E-state index is 0.147. The average Bonchev–Trinajstić information content (AvgIpc) is 3.36. The number of rotatable bonds is 10. The van der Waals surface area contributed by atoms with Gasteiger partial charge >= 0.3 is 0 Å². The normalized spacial score (nSPS) is 17.3. The molecule has 178 valence electrons. The van der Waals surface area contributed by atoms with E-state index in [-0.39, 0.29) is 12.0 Å². The van der Waals surface area contributed by atoms with Gasteiger partial charge in [0.25, 0.3) is 0 Å². The van der Waals surface area contributed by atoms with Gasteiger partial charge in [0.2, 0.25) is 0 Å². The fourth-order valence-electron chi connectivity index (χ4n) is 4.58. The Hall–Kier alpha value is -1.35. The Morgan fingerprint density at radius 1 is 1.30 bits per heavy atom. The van der Waals surface area contributed by atoms with Crippen LogP contribution in [0.2, 0.25) is 5.02 Å². The van der Waals surface area contributed by atoms with Crippen molar-refractivity contribution in [1.82, 2.24) is 9.88 Å². The third-order valence-electron chi connectivity index (χ3n) is 6.75. The quantitative estimate of drug-likeness (QED) is 0.347. The zero-order valence-electron chi connectivity index (χ0n) is 18.9. The highest BCUT2D eigenvalue weighted by Crippen LogP contribution is 2.40. The molecule has 0 aliphatic carbocycles. The number of aliphatic hydroxyl groups excluding tert-OH is 2. The molecule has 1 aliphatic heterocycles. The number of ether oxygens (including phenoxy) is 1. The van der Waals surface area contributed by atoms with E-state index in [1.165, 1.54) is 4.21 Å². The van der Waals surface area contributed by atoms with Crippen LogP contribution in [-0.2, 0) is 0 Å². The molecular weight excluding hydrogens is 476 g/mol. The van der Waals surface area contributed by atoms with Crippen LogP contribution in [0, 0.1) is 5.41 Å². The van der Waals surface area contributed by atoms with E-state index >= 15 is 0 Å². The minimum atomic E-state index is -0.723. The third kappa shape index (κ3) is 6.02. The summed E-state index contributed by atoms with van der Waals surface area (Å²) in [5, 5.41) is 24.8. The van der Waals surface area contributed by atoms with Crippen LogP contribution in [0.5, 0.6) is 5.75 Å². The summed E-state index contributed by atoms with van der Waals surface area (Å²) >= 11 is 10.2. The minimum Gasteiger partial charge on any atom is -0.497 e. The number of pyridine rings is 1. The molecule has 1 aliphatic rings. The van der Waals surface area contributed by atoms with Gasteiger partial charge < -0.3 is 19.8 Å². The van der Waals surface area contributed by atoms with Crippen LogP contribution in [0.4, 0.5) is 0 Å². The van der Waals surface area contributed by atoms with Gasteiger partial charge in [0.1, 0.15) is 5.75 Å². The first-order chi connectivity index (χ1) is 16.0. The van der Waals surface area contributed by atoms with Gasteiger partial charge in [0.15, 0.2) is 0 Å². The first-order valence-electron chi connectivity index (χ1n) is 11.3. The van der Waals surface area contributed by atoms with Gasteiger partial charge in [-0.2, -0.15) is 0 Å². The van der Waals surface area contributed by atoms with Crippen molar-refractivity contribution in [3.8, 4) is 5.75 Å². The van der Waals surface area contributed by atoms with Crippen LogP contribution in [-0.4, -0.2) is 59.2 Å². The van der Waals surface area contributed by atoms with E-state index in [2.05, 4.69) is 27.4 Å². The molecule has 0 radical (unpaired) electrons. The van der Waals surface area contributed by atoms with Crippen molar-refractivity contribution < 1.29 is 14.9 Å². The van der Waals surface area contributed by atoms with Crippen molar-refractivity contribution >= 4 is 45.6 Å². The second-order valence-electron chi connectivity index (χ2n) is 8.74. The maximum absolute atomic E-state index is 11.1. The number of halogens is 1. The molecule has 1 atom stereocenters. The van der Waals surface area contributed by atoms with Gasteiger partial charge in [0, 0.05) is 36.1 Å². The Labute approximate surface area is 208 Å². The van der Waals surface area contributed by atoms with Gasteiger partial charge in [0.05, 0.1) is 28.0 Å². The van der Waals surface area contributed by atoms with Gasteiger partial charge in [-0.25, -0.2) is 0 Å². The Morgan fingerprint density at radius 3 is 2.82 bits per heavy atom. The molecule has 2 aromatic heterocycles. The summed E-state index contributed by atoms with van der Waals surface area (Å²) in [6.45, 7) is 3.18. The first kappa shape index (κ1) is 24.8. The number of thiophene rings is 1. The summed E-state index contributed by atoms with van der Waals surface area (Å²) in [5.74, 6) is 1.79. The highest BCUT2D eigenvalue weighted by Gasteiger charge is 2.34. The molecule has 1 saturated heterocycles. The molecule has 33 heavy (non-hydrogen) atoms. The molecule has 1 aromatic carbocycles. The molecule has 0 saturated carbocycles. The van der Waals surface area contributed by atoms with E-state index < -0.39 is 6.10 Å². The number of benzene rings is 1. The first-order valence-corrected chi connectivity index (χ1v) is 13.6. The van der Waals surface area contributed by atoms with E-state index in [1.54, 1.807) is 24.6 Å². The number of aromatic nitrogens is 1. The lowest BCUT2D eigenvalue weighted by Gasteiger charge is -2.41.